The third kappa shape index (κ3) is 4.60. The Balaban J connectivity index is 1.51. The lowest BCUT2D eigenvalue weighted by molar-refractivity contribution is -0.0353. The molecule has 2 aromatic rings. The average Bonchev–Trinajstić information content (AvgIpc) is 2.85. The molecule has 188 valence electrons. The predicted octanol–water partition coefficient (Wildman–Crippen LogP) is 6.92. The van der Waals surface area contributed by atoms with Crippen LogP contribution in [0, 0.1) is 17.2 Å². The number of hydrogen-bond donors (Lipinski definition) is 1. The lowest BCUT2D eigenvalue weighted by atomic mass is 9.68. The second kappa shape index (κ2) is 9.57. The lowest BCUT2D eigenvalue weighted by Crippen LogP contribution is -2.61. The number of carbonyl (C=O) groups is 1. The number of aryl methyl sites for hydroxylation is 2. The maximum atomic E-state index is 15.7. The number of fused-ring (bicyclic) bond motifs is 4. The minimum atomic E-state index is -0.873. The van der Waals surface area contributed by atoms with Gasteiger partial charge in [0.25, 0.3) is 0 Å². The van der Waals surface area contributed by atoms with Gasteiger partial charge in [0.05, 0.1) is 12.1 Å². The van der Waals surface area contributed by atoms with Crippen molar-refractivity contribution in [2.75, 3.05) is 19.6 Å². The summed E-state index contributed by atoms with van der Waals surface area (Å²) < 4.78 is 15.7. The quantitative estimate of drug-likeness (QED) is 0.490. The van der Waals surface area contributed by atoms with Crippen LogP contribution in [0.5, 0.6) is 0 Å². The summed E-state index contributed by atoms with van der Waals surface area (Å²) in [5.74, 6) is 0.139. The molecule has 0 radical (unpaired) electrons. The summed E-state index contributed by atoms with van der Waals surface area (Å²) in [4.78, 5) is 16.9. The fourth-order valence-electron chi connectivity index (χ4n) is 6.79. The number of carboxylic acid groups (broad SMARTS) is 1. The number of halogens is 1. The minimum absolute atomic E-state index is 0.0244. The Hall–Kier alpha value is -2.40. The first-order valence-electron chi connectivity index (χ1n) is 13.4. The van der Waals surface area contributed by atoms with E-state index in [1.54, 1.807) is 11.0 Å². The van der Waals surface area contributed by atoms with Gasteiger partial charge in [0, 0.05) is 12.1 Å². The fourth-order valence-corrected chi connectivity index (χ4v) is 6.79. The maximum absolute atomic E-state index is 15.7. The van der Waals surface area contributed by atoms with Gasteiger partial charge in [-0.25, -0.2) is 9.18 Å². The number of unbranched alkanes of at least 4 members (excludes halogenated alkanes) is 1. The van der Waals surface area contributed by atoms with Crippen molar-refractivity contribution >= 4 is 6.09 Å². The Labute approximate surface area is 209 Å². The van der Waals surface area contributed by atoms with E-state index >= 15 is 4.39 Å². The zero-order valence-electron chi connectivity index (χ0n) is 21.4. The second-order valence-corrected chi connectivity index (χ2v) is 11.6. The van der Waals surface area contributed by atoms with Gasteiger partial charge in [0.1, 0.15) is 5.82 Å². The highest BCUT2D eigenvalue weighted by Gasteiger charge is 2.48. The van der Waals surface area contributed by atoms with Gasteiger partial charge in [-0.1, -0.05) is 51.5 Å². The summed E-state index contributed by atoms with van der Waals surface area (Å²) in [5, 5.41) is 10.5. The molecule has 1 aliphatic carbocycles. The number of rotatable bonds is 6. The number of piperidine rings is 3. The van der Waals surface area contributed by atoms with Crippen LogP contribution in [0.4, 0.5) is 9.18 Å². The van der Waals surface area contributed by atoms with E-state index in [9.17, 15) is 9.90 Å². The van der Waals surface area contributed by atoms with E-state index in [1.807, 2.05) is 18.2 Å². The molecule has 3 heterocycles. The molecule has 3 fully saturated rings. The van der Waals surface area contributed by atoms with Crippen LogP contribution in [0.1, 0.15) is 75.6 Å². The molecule has 1 N–H and O–H groups in total. The van der Waals surface area contributed by atoms with Crippen molar-refractivity contribution in [3.05, 3.63) is 58.9 Å². The average molecular weight is 479 g/mol. The highest BCUT2D eigenvalue weighted by atomic mass is 19.1. The highest BCUT2D eigenvalue weighted by Crippen LogP contribution is 2.50. The molecule has 3 saturated heterocycles. The first kappa shape index (κ1) is 24.3. The summed E-state index contributed by atoms with van der Waals surface area (Å²) in [5.41, 5.74) is 4.49. The number of benzene rings is 2. The van der Waals surface area contributed by atoms with Crippen LogP contribution >= 0.6 is 0 Å². The molecule has 0 saturated carbocycles. The van der Waals surface area contributed by atoms with Crippen molar-refractivity contribution in [3.8, 4) is 11.1 Å². The van der Waals surface area contributed by atoms with Gasteiger partial charge >= 0.3 is 6.09 Å². The SMILES string of the molecule is CCCCc1ccc(-c2cc3c(cc2F)[C@H](N(C(=O)O)[C@@H]2CN4CCC2CC4)C(C)(C)CC3)cc1. The first-order chi connectivity index (χ1) is 16.8. The maximum Gasteiger partial charge on any atom is 0.408 e. The summed E-state index contributed by atoms with van der Waals surface area (Å²) in [6, 6.07) is 11.5. The molecule has 6 rings (SSSR count). The van der Waals surface area contributed by atoms with Crippen molar-refractivity contribution < 1.29 is 14.3 Å². The van der Waals surface area contributed by atoms with Gasteiger partial charge in [-0.3, -0.25) is 4.90 Å². The molecule has 2 atom stereocenters. The normalized spacial score (nSPS) is 26.9. The van der Waals surface area contributed by atoms with E-state index in [-0.39, 0.29) is 23.3 Å². The zero-order valence-corrected chi connectivity index (χ0v) is 21.4. The molecule has 35 heavy (non-hydrogen) atoms. The molecule has 1 amide bonds. The topological polar surface area (TPSA) is 43.8 Å². The van der Waals surface area contributed by atoms with Crippen molar-refractivity contribution in [2.45, 2.75) is 77.8 Å². The molecular formula is C30H39FN2O2. The van der Waals surface area contributed by atoms with E-state index in [0.29, 0.717) is 11.5 Å². The lowest BCUT2D eigenvalue weighted by Gasteiger charge is -2.54. The van der Waals surface area contributed by atoms with Gasteiger partial charge in [-0.15, -0.1) is 0 Å². The third-order valence-corrected chi connectivity index (χ3v) is 8.86. The van der Waals surface area contributed by atoms with Crippen LogP contribution < -0.4 is 0 Å². The van der Waals surface area contributed by atoms with Crippen LogP contribution in [0.2, 0.25) is 0 Å². The predicted molar refractivity (Wildman–Crippen MR) is 138 cm³/mol. The van der Waals surface area contributed by atoms with Gasteiger partial charge in [0.15, 0.2) is 0 Å². The molecule has 4 aliphatic rings. The van der Waals surface area contributed by atoms with Crippen LogP contribution in [0.25, 0.3) is 11.1 Å². The molecule has 0 aromatic heterocycles. The van der Waals surface area contributed by atoms with Gasteiger partial charge in [-0.2, -0.15) is 0 Å². The minimum Gasteiger partial charge on any atom is -0.465 e. The van der Waals surface area contributed by atoms with Crippen molar-refractivity contribution in [1.82, 2.24) is 9.80 Å². The zero-order chi connectivity index (χ0) is 24.7. The Bertz CT molecular complexity index is 1070. The summed E-state index contributed by atoms with van der Waals surface area (Å²) in [7, 11) is 0. The van der Waals surface area contributed by atoms with Gasteiger partial charge in [0.2, 0.25) is 0 Å². The molecule has 2 bridgehead atoms. The number of amides is 1. The van der Waals surface area contributed by atoms with E-state index < -0.39 is 6.09 Å². The molecule has 0 unspecified atom stereocenters. The molecule has 0 spiro atoms. The molecule has 3 aliphatic heterocycles. The molecular weight excluding hydrogens is 439 g/mol. The number of nitrogens with zero attached hydrogens (tertiary/aromatic N) is 2. The van der Waals surface area contributed by atoms with E-state index in [2.05, 4.69) is 37.8 Å². The molecule has 5 heteroatoms. The smallest absolute Gasteiger partial charge is 0.408 e. The second-order valence-electron chi connectivity index (χ2n) is 11.6. The largest absolute Gasteiger partial charge is 0.465 e. The Morgan fingerprint density at radius 3 is 2.49 bits per heavy atom. The van der Waals surface area contributed by atoms with Crippen LogP contribution in [-0.4, -0.2) is 46.7 Å². The monoisotopic (exact) mass is 478 g/mol. The molecule has 4 nitrogen and oxygen atoms in total. The fraction of sp³-hybridized carbons (Fsp3) is 0.567. The summed E-state index contributed by atoms with van der Waals surface area (Å²) >= 11 is 0. The van der Waals surface area contributed by atoms with Crippen molar-refractivity contribution in [2.24, 2.45) is 11.3 Å². The first-order valence-corrected chi connectivity index (χ1v) is 13.4. The van der Waals surface area contributed by atoms with E-state index in [1.165, 1.54) is 5.56 Å². The number of hydrogen-bond acceptors (Lipinski definition) is 2. The van der Waals surface area contributed by atoms with E-state index in [4.69, 9.17) is 0 Å². The standard InChI is InChI=1S/C30H39FN2O2/c1-4-5-6-20-7-9-21(10-8-20)24-17-23-11-14-30(2,3)28(25(23)18-26(24)31)33(29(34)35)27-19-32-15-12-22(27)13-16-32/h7-10,17-18,22,27-28H,4-6,11-16,19H2,1-3H3,(H,34,35)/t27-,28+/m1/s1. The summed E-state index contributed by atoms with van der Waals surface area (Å²) in [6.07, 6.45) is 6.32. The highest BCUT2D eigenvalue weighted by molar-refractivity contribution is 5.69. The van der Waals surface area contributed by atoms with Crippen LogP contribution in [0.3, 0.4) is 0 Å². The third-order valence-electron chi connectivity index (χ3n) is 8.86. The molecule has 2 aromatic carbocycles. The summed E-state index contributed by atoms with van der Waals surface area (Å²) in [6.45, 7) is 9.41. The van der Waals surface area contributed by atoms with Gasteiger partial charge in [-0.05, 0) is 97.3 Å². The van der Waals surface area contributed by atoms with Gasteiger partial charge < -0.3 is 10.0 Å². The van der Waals surface area contributed by atoms with Crippen molar-refractivity contribution in [1.29, 1.82) is 0 Å². The van der Waals surface area contributed by atoms with E-state index in [0.717, 1.165) is 81.3 Å². The Morgan fingerprint density at radius 1 is 1.17 bits per heavy atom. The Kier molecular flexibility index (Phi) is 6.65. The van der Waals surface area contributed by atoms with Crippen molar-refractivity contribution in [3.63, 3.8) is 0 Å². The Morgan fingerprint density at radius 2 is 1.89 bits per heavy atom. The van der Waals surface area contributed by atoms with Crippen LogP contribution in [-0.2, 0) is 12.8 Å². The van der Waals surface area contributed by atoms with Crippen LogP contribution in [0.15, 0.2) is 36.4 Å².